The third kappa shape index (κ3) is 5.10. The number of amides is 2. The van der Waals surface area contributed by atoms with E-state index in [-0.39, 0.29) is 10.7 Å². The van der Waals surface area contributed by atoms with E-state index in [0.717, 1.165) is 0 Å². The van der Waals surface area contributed by atoms with Crippen LogP contribution in [-0.4, -0.2) is 56.3 Å². The van der Waals surface area contributed by atoms with Gasteiger partial charge in [-0.05, 0) is 26.0 Å². The van der Waals surface area contributed by atoms with Gasteiger partial charge in [-0.1, -0.05) is 23.4 Å². The summed E-state index contributed by atoms with van der Waals surface area (Å²) in [6, 6.07) is 3.21. The first kappa shape index (κ1) is 22.7. The molecule has 1 atom stereocenters. The lowest BCUT2D eigenvalue weighted by molar-refractivity contribution is -0.135. The molecule has 0 aliphatic rings. The number of carbonyl (C=O) groups excluding carboxylic acids is 2. The first-order valence-electron chi connectivity index (χ1n) is 8.05. The van der Waals surface area contributed by atoms with Gasteiger partial charge < -0.3 is 15.7 Å². The third-order valence-corrected chi connectivity index (χ3v) is 4.13. The maximum atomic E-state index is 11.8. The van der Waals surface area contributed by atoms with Gasteiger partial charge in [0, 0.05) is 25.4 Å². The molecule has 0 saturated carbocycles. The predicted octanol–water partition coefficient (Wildman–Crippen LogP) is 0.768. The van der Waals surface area contributed by atoms with Crippen LogP contribution in [0.5, 0.6) is 0 Å². The average molecular weight is 402 g/mol. The number of nitrogens with zero attached hydrogens (tertiary/aromatic N) is 4. The molecule has 2 aromatic rings. The van der Waals surface area contributed by atoms with E-state index in [1.54, 1.807) is 33.0 Å². The molecule has 0 radical (unpaired) electrons. The second-order valence-electron chi connectivity index (χ2n) is 5.45. The van der Waals surface area contributed by atoms with Crippen molar-refractivity contribution < 1.29 is 14.7 Å². The van der Waals surface area contributed by atoms with Gasteiger partial charge in [0.15, 0.2) is 17.6 Å². The van der Waals surface area contributed by atoms with Crippen molar-refractivity contribution in [1.29, 1.82) is 0 Å². The van der Waals surface area contributed by atoms with E-state index in [1.165, 1.54) is 15.8 Å². The van der Waals surface area contributed by atoms with E-state index in [4.69, 9.17) is 17.3 Å². The highest BCUT2D eigenvalue weighted by atomic mass is 35.5. The SMILES string of the molecule is C#C.CCN(C)C(=O)[C@H](O)C#Cc1ccnc(-n2nc(C(N)=O)c(Cl)c2C)c1. The fourth-order valence-electron chi connectivity index (χ4n) is 2.05. The van der Waals surface area contributed by atoms with Crippen molar-refractivity contribution >= 4 is 23.4 Å². The maximum Gasteiger partial charge on any atom is 0.270 e. The Morgan fingerprint density at radius 3 is 2.64 bits per heavy atom. The lowest BCUT2D eigenvalue weighted by Crippen LogP contribution is -2.35. The second-order valence-corrected chi connectivity index (χ2v) is 5.83. The summed E-state index contributed by atoms with van der Waals surface area (Å²) in [4.78, 5) is 28.7. The van der Waals surface area contributed by atoms with Crippen LogP contribution in [0.1, 0.15) is 28.7 Å². The summed E-state index contributed by atoms with van der Waals surface area (Å²) in [5.41, 5.74) is 6.20. The number of carbonyl (C=O) groups is 2. The van der Waals surface area contributed by atoms with E-state index in [1.807, 2.05) is 0 Å². The Labute approximate surface area is 168 Å². The largest absolute Gasteiger partial charge is 0.372 e. The fourth-order valence-corrected chi connectivity index (χ4v) is 2.26. The van der Waals surface area contributed by atoms with Crippen LogP contribution in [0.2, 0.25) is 5.02 Å². The van der Waals surface area contributed by atoms with Gasteiger partial charge in [0.05, 0.1) is 10.7 Å². The smallest absolute Gasteiger partial charge is 0.270 e. The normalized spacial score (nSPS) is 10.7. The van der Waals surface area contributed by atoms with Crippen LogP contribution in [0.25, 0.3) is 5.82 Å². The number of terminal acetylenes is 1. The van der Waals surface area contributed by atoms with Crippen LogP contribution in [0.3, 0.4) is 0 Å². The molecule has 146 valence electrons. The molecule has 2 rings (SSSR count). The summed E-state index contributed by atoms with van der Waals surface area (Å²) in [6.45, 7) is 3.94. The standard InChI is InChI=1S/C17H18ClN5O3.C2H2/c1-4-22(3)17(26)12(24)6-5-11-7-8-20-13(9-11)23-10(2)14(18)15(21-23)16(19)25;1-2/h7-9,12,24H,4H2,1-3H3,(H2,19,25);1-2H/t12-;/m1./s1. The van der Waals surface area contributed by atoms with Gasteiger partial charge in [-0.15, -0.1) is 12.8 Å². The van der Waals surface area contributed by atoms with Crippen molar-refractivity contribution in [1.82, 2.24) is 19.7 Å². The van der Waals surface area contributed by atoms with E-state index in [2.05, 4.69) is 34.8 Å². The molecule has 0 bridgehead atoms. The second kappa shape index (κ2) is 10.1. The molecule has 0 aliphatic carbocycles. The number of rotatable bonds is 4. The molecule has 2 aromatic heterocycles. The monoisotopic (exact) mass is 401 g/mol. The number of likely N-dealkylation sites (N-methyl/N-ethyl adjacent to an activating group) is 1. The van der Waals surface area contributed by atoms with E-state index >= 15 is 0 Å². The van der Waals surface area contributed by atoms with Crippen LogP contribution in [-0.2, 0) is 4.79 Å². The fraction of sp³-hybridized carbons (Fsp3) is 0.263. The number of hydrogen-bond donors (Lipinski definition) is 2. The van der Waals surface area contributed by atoms with Gasteiger partial charge in [-0.2, -0.15) is 5.10 Å². The molecular formula is C19H20ClN5O3. The van der Waals surface area contributed by atoms with Crippen LogP contribution >= 0.6 is 11.6 Å². The highest BCUT2D eigenvalue weighted by molar-refractivity contribution is 6.34. The van der Waals surface area contributed by atoms with Crippen LogP contribution < -0.4 is 5.73 Å². The number of hydrogen-bond acceptors (Lipinski definition) is 5. The van der Waals surface area contributed by atoms with Crippen molar-refractivity contribution in [3.05, 3.63) is 40.3 Å². The number of aliphatic hydroxyl groups excluding tert-OH is 1. The number of halogens is 1. The highest BCUT2D eigenvalue weighted by Crippen LogP contribution is 2.22. The van der Waals surface area contributed by atoms with E-state index in [9.17, 15) is 14.7 Å². The Balaban J connectivity index is 0.00000190. The van der Waals surface area contributed by atoms with E-state index in [0.29, 0.717) is 23.6 Å². The molecule has 28 heavy (non-hydrogen) atoms. The van der Waals surface area contributed by atoms with Crippen molar-refractivity contribution in [3.8, 4) is 30.5 Å². The minimum absolute atomic E-state index is 0.0499. The summed E-state index contributed by atoms with van der Waals surface area (Å²) >= 11 is 6.06. The molecule has 2 heterocycles. The molecule has 2 amide bonds. The summed E-state index contributed by atoms with van der Waals surface area (Å²) in [6.07, 6.45) is 8.07. The van der Waals surface area contributed by atoms with Gasteiger partial charge in [0.25, 0.3) is 11.8 Å². The molecule has 0 aliphatic heterocycles. The quantitative estimate of drug-likeness (QED) is 0.734. The van der Waals surface area contributed by atoms with Crippen molar-refractivity contribution in [2.45, 2.75) is 20.0 Å². The van der Waals surface area contributed by atoms with Gasteiger partial charge in [-0.3, -0.25) is 9.59 Å². The topological polar surface area (TPSA) is 114 Å². The van der Waals surface area contributed by atoms with Crippen LogP contribution in [0.15, 0.2) is 18.3 Å². The molecular weight excluding hydrogens is 382 g/mol. The third-order valence-electron chi connectivity index (χ3n) is 3.68. The van der Waals surface area contributed by atoms with Gasteiger partial charge >= 0.3 is 0 Å². The molecule has 0 saturated heterocycles. The van der Waals surface area contributed by atoms with Crippen molar-refractivity contribution in [2.75, 3.05) is 13.6 Å². The maximum absolute atomic E-state index is 11.8. The van der Waals surface area contributed by atoms with Gasteiger partial charge in [0.2, 0.25) is 0 Å². The lowest BCUT2D eigenvalue weighted by Gasteiger charge is -2.15. The Bertz CT molecular complexity index is 955. The molecule has 0 spiro atoms. The number of nitrogens with two attached hydrogens (primary N) is 1. The number of pyridine rings is 1. The molecule has 8 nitrogen and oxygen atoms in total. The zero-order chi connectivity index (χ0) is 21.4. The van der Waals surface area contributed by atoms with Crippen LogP contribution in [0, 0.1) is 31.6 Å². The molecule has 9 heteroatoms. The Hall–Kier alpha value is -3.33. The average Bonchev–Trinajstić information content (AvgIpc) is 3.01. The number of aliphatic hydroxyl groups is 1. The van der Waals surface area contributed by atoms with Gasteiger partial charge in [0.1, 0.15) is 0 Å². The number of primary amides is 1. The summed E-state index contributed by atoms with van der Waals surface area (Å²) in [7, 11) is 1.58. The summed E-state index contributed by atoms with van der Waals surface area (Å²) < 4.78 is 1.38. The Morgan fingerprint density at radius 1 is 1.46 bits per heavy atom. The van der Waals surface area contributed by atoms with Gasteiger partial charge in [-0.25, -0.2) is 9.67 Å². The number of aromatic nitrogens is 3. The van der Waals surface area contributed by atoms with Crippen LogP contribution in [0.4, 0.5) is 0 Å². The summed E-state index contributed by atoms with van der Waals surface area (Å²) in [5.74, 6) is 4.38. The minimum atomic E-state index is -1.42. The molecule has 0 unspecified atom stereocenters. The first-order chi connectivity index (χ1) is 13.3. The van der Waals surface area contributed by atoms with Crippen molar-refractivity contribution in [2.24, 2.45) is 5.73 Å². The lowest BCUT2D eigenvalue weighted by atomic mass is 10.2. The minimum Gasteiger partial charge on any atom is -0.372 e. The predicted molar refractivity (Wildman–Crippen MR) is 106 cm³/mol. The van der Waals surface area contributed by atoms with E-state index < -0.39 is 17.9 Å². The zero-order valence-electron chi connectivity index (χ0n) is 15.7. The molecule has 3 N–H and O–H groups in total. The summed E-state index contributed by atoms with van der Waals surface area (Å²) in [5, 5.41) is 14.1. The molecule has 0 aromatic carbocycles. The Morgan fingerprint density at radius 2 is 2.11 bits per heavy atom. The zero-order valence-corrected chi connectivity index (χ0v) is 16.4. The Kier molecular flexibility index (Phi) is 8.21. The highest BCUT2D eigenvalue weighted by Gasteiger charge is 2.19. The molecule has 0 fully saturated rings. The first-order valence-corrected chi connectivity index (χ1v) is 8.43. The van der Waals surface area contributed by atoms with Crippen molar-refractivity contribution in [3.63, 3.8) is 0 Å².